The number of carbonyl (C=O) groups excluding carboxylic acids is 1. The second-order valence-corrected chi connectivity index (χ2v) is 3.74. The van der Waals surface area contributed by atoms with Crippen LogP contribution in [0.3, 0.4) is 0 Å². The van der Waals surface area contributed by atoms with Gasteiger partial charge in [-0.05, 0) is 16.8 Å². The van der Waals surface area contributed by atoms with Crippen molar-refractivity contribution >= 4 is 5.97 Å². The molecule has 0 amide bonds. The third-order valence-corrected chi connectivity index (χ3v) is 2.54. The van der Waals surface area contributed by atoms with Crippen LogP contribution in [0.25, 0.3) is 0 Å². The number of aryl methyl sites for hydroxylation is 1. The lowest BCUT2D eigenvalue weighted by molar-refractivity contribution is 0.0599. The molecule has 0 N–H and O–H groups in total. The van der Waals surface area contributed by atoms with Gasteiger partial charge in [0.25, 0.3) is 0 Å². The summed E-state index contributed by atoms with van der Waals surface area (Å²) >= 11 is 0. The van der Waals surface area contributed by atoms with Gasteiger partial charge < -0.3 is 4.74 Å². The predicted molar refractivity (Wildman–Crippen MR) is 64.1 cm³/mol. The van der Waals surface area contributed by atoms with Gasteiger partial charge in [0.15, 0.2) is 5.82 Å². The van der Waals surface area contributed by atoms with E-state index >= 15 is 0 Å². The maximum atomic E-state index is 11.6. The Bertz CT molecular complexity index is 551. The average molecular weight is 246 g/mol. The fourth-order valence-electron chi connectivity index (χ4n) is 1.60. The number of esters is 1. The predicted octanol–water partition coefficient (Wildman–Crippen LogP) is 1.07. The molecule has 2 aromatic rings. The molecule has 0 aliphatic carbocycles. The molecule has 0 radical (unpaired) electrons. The number of benzene rings is 1. The Balaban J connectivity index is 2.25. The highest BCUT2D eigenvalue weighted by Crippen LogP contribution is 2.11. The Labute approximate surface area is 105 Å². The Hall–Kier alpha value is -2.24. The average Bonchev–Trinajstić information content (AvgIpc) is 2.86. The molecule has 0 saturated heterocycles. The van der Waals surface area contributed by atoms with Crippen LogP contribution in [0.1, 0.15) is 28.7 Å². The molecule has 6 heteroatoms. The van der Waals surface area contributed by atoms with Crippen molar-refractivity contribution in [3.8, 4) is 0 Å². The summed E-state index contributed by atoms with van der Waals surface area (Å²) in [5, 5.41) is 12.0. The fourth-order valence-corrected chi connectivity index (χ4v) is 1.60. The van der Waals surface area contributed by atoms with Crippen LogP contribution in [0, 0.1) is 0 Å². The van der Waals surface area contributed by atoms with Crippen LogP contribution in [0.2, 0.25) is 0 Å². The highest BCUT2D eigenvalue weighted by Gasteiger charge is 2.12. The summed E-state index contributed by atoms with van der Waals surface area (Å²) in [7, 11) is 1.36. The zero-order valence-electron chi connectivity index (χ0n) is 10.3. The molecule has 1 aromatic heterocycles. The van der Waals surface area contributed by atoms with Crippen molar-refractivity contribution in [3.05, 3.63) is 41.2 Å². The maximum absolute atomic E-state index is 11.6. The molecule has 0 unspecified atom stereocenters. The molecular formula is C12H14N4O2. The summed E-state index contributed by atoms with van der Waals surface area (Å²) in [6.45, 7) is 2.36. The SMILES string of the molecule is CCc1nnn(Cc2ccccc2C(=O)OC)n1. The quantitative estimate of drug-likeness (QED) is 0.755. The number of nitrogens with zero attached hydrogens (tertiary/aromatic N) is 4. The lowest BCUT2D eigenvalue weighted by Gasteiger charge is -2.06. The lowest BCUT2D eigenvalue weighted by Crippen LogP contribution is -2.11. The first-order valence-corrected chi connectivity index (χ1v) is 5.67. The van der Waals surface area contributed by atoms with Gasteiger partial charge in [0.1, 0.15) is 0 Å². The third kappa shape index (κ3) is 2.53. The molecule has 0 aliphatic heterocycles. The molecule has 1 heterocycles. The van der Waals surface area contributed by atoms with E-state index in [9.17, 15) is 4.79 Å². The molecule has 0 atom stereocenters. The lowest BCUT2D eigenvalue weighted by atomic mass is 10.1. The first-order valence-electron chi connectivity index (χ1n) is 5.67. The third-order valence-electron chi connectivity index (χ3n) is 2.54. The van der Waals surface area contributed by atoms with Crippen LogP contribution in [0.5, 0.6) is 0 Å². The molecule has 0 spiro atoms. The number of tetrazole rings is 1. The number of hydrogen-bond donors (Lipinski definition) is 0. The normalized spacial score (nSPS) is 10.3. The van der Waals surface area contributed by atoms with E-state index < -0.39 is 0 Å². The Morgan fingerprint density at radius 1 is 1.39 bits per heavy atom. The van der Waals surface area contributed by atoms with Crippen molar-refractivity contribution in [2.45, 2.75) is 19.9 Å². The van der Waals surface area contributed by atoms with Gasteiger partial charge in [0.05, 0.1) is 19.2 Å². The summed E-state index contributed by atoms with van der Waals surface area (Å²) in [4.78, 5) is 13.1. The van der Waals surface area contributed by atoms with E-state index in [1.54, 1.807) is 12.1 Å². The van der Waals surface area contributed by atoms with Crippen molar-refractivity contribution in [2.24, 2.45) is 0 Å². The van der Waals surface area contributed by atoms with Crippen LogP contribution < -0.4 is 0 Å². The van der Waals surface area contributed by atoms with Gasteiger partial charge in [-0.25, -0.2) is 4.79 Å². The van der Waals surface area contributed by atoms with Gasteiger partial charge in [-0.2, -0.15) is 4.80 Å². The van der Waals surface area contributed by atoms with Gasteiger partial charge >= 0.3 is 5.97 Å². The van der Waals surface area contributed by atoms with Crippen LogP contribution in [0.15, 0.2) is 24.3 Å². The molecule has 0 aliphatic rings. The van der Waals surface area contributed by atoms with Crippen LogP contribution in [-0.4, -0.2) is 33.3 Å². The monoisotopic (exact) mass is 246 g/mol. The van der Waals surface area contributed by atoms with E-state index in [0.717, 1.165) is 12.0 Å². The first kappa shape index (κ1) is 12.2. The summed E-state index contributed by atoms with van der Waals surface area (Å²) < 4.78 is 4.74. The van der Waals surface area contributed by atoms with E-state index in [-0.39, 0.29) is 5.97 Å². The first-order chi connectivity index (χ1) is 8.74. The molecule has 18 heavy (non-hydrogen) atoms. The van der Waals surface area contributed by atoms with E-state index in [4.69, 9.17) is 4.74 Å². The zero-order valence-corrected chi connectivity index (χ0v) is 10.3. The Morgan fingerprint density at radius 2 is 2.17 bits per heavy atom. The summed E-state index contributed by atoms with van der Waals surface area (Å²) in [6.07, 6.45) is 0.735. The largest absolute Gasteiger partial charge is 0.465 e. The minimum absolute atomic E-state index is 0.360. The minimum atomic E-state index is -0.360. The zero-order chi connectivity index (χ0) is 13.0. The highest BCUT2D eigenvalue weighted by molar-refractivity contribution is 5.90. The van der Waals surface area contributed by atoms with Crippen molar-refractivity contribution in [3.63, 3.8) is 0 Å². The van der Waals surface area contributed by atoms with Gasteiger partial charge in [0, 0.05) is 6.42 Å². The molecule has 0 saturated carbocycles. The Kier molecular flexibility index (Phi) is 3.66. The summed E-state index contributed by atoms with van der Waals surface area (Å²) in [6, 6.07) is 7.22. The number of carbonyl (C=O) groups is 1. The van der Waals surface area contributed by atoms with Gasteiger partial charge in [-0.15, -0.1) is 10.2 Å². The van der Waals surface area contributed by atoms with Gasteiger partial charge in [-0.1, -0.05) is 25.1 Å². The second kappa shape index (κ2) is 5.39. The molecule has 94 valence electrons. The van der Waals surface area contributed by atoms with Gasteiger partial charge in [0.2, 0.25) is 0 Å². The van der Waals surface area contributed by atoms with Crippen LogP contribution in [-0.2, 0) is 17.7 Å². The minimum Gasteiger partial charge on any atom is -0.465 e. The maximum Gasteiger partial charge on any atom is 0.338 e. The topological polar surface area (TPSA) is 69.9 Å². The molecular weight excluding hydrogens is 232 g/mol. The van der Waals surface area contributed by atoms with Crippen molar-refractivity contribution in [1.82, 2.24) is 20.2 Å². The molecule has 1 aromatic carbocycles. The number of methoxy groups -OCH3 is 1. The summed E-state index contributed by atoms with van der Waals surface area (Å²) in [5.41, 5.74) is 1.33. The second-order valence-electron chi connectivity index (χ2n) is 3.74. The van der Waals surface area contributed by atoms with Crippen LogP contribution >= 0.6 is 0 Å². The molecule has 0 fully saturated rings. The van der Waals surface area contributed by atoms with E-state index in [2.05, 4.69) is 15.4 Å². The number of hydrogen-bond acceptors (Lipinski definition) is 5. The number of rotatable bonds is 4. The Morgan fingerprint density at radius 3 is 2.83 bits per heavy atom. The summed E-state index contributed by atoms with van der Waals surface area (Å²) in [5.74, 6) is 0.326. The fraction of sp³-hybridized carbons (Fsp3) is 0.333. The number of aromatic nitrogens is 4. The van der Waals surface area contributed by atoms with E-state index in [0.29, 0.717) is 17.9 Å². The van der Waals surface area contributed by atoms with Crippen molar-refractivity contribution < 1.29 is 9.53 Å². The smallest absolute Gasteiger partial charge is 0.338 e. The molecule has 6 nitrogen and oxygen atoms in total. The number of ether oxygens (including phenoxy) is 1. The van der Waals surface area contributed by atoms with Gasteiger partial charge in [-0.3, -0.25) is 0 Å². The van der Waals surface area contributed by atoms with Crippen LogP contribution in [0.4, 0.5) is 0 Å². The van der Waals surface area contributed by atoms with Crippen molar-refractivity contribution in [2.75, 3.05) is 7.11 Å². The van der Waals surface area contributed by atoms with E-state index in [1.165, 1.54) is 11.9 Å². The molecule has 0 bridgehead atoms. The van der Waals surface area contributed by atoms with Crippen molar-refractivity contribution in [1.29, 1.82) is 0 Å². The van der Waals surface area contributed by atoms with E-state index in [1.807, 2.05) is 19.1 Å². The standard InChI is InChI=1S/C12H14N4O2/c1-3-11-13-15-16(14-11)8-9-6-4-5-7-10(9)12(17)18-2/h4-7H,3,8H2,1-2H3. The molecule has 2 rings (SSSR count). The highest BCUT2D eigenvalue weighted by atomic mass is 16.5.